The summed E-state index contributed by atoms with van der Waals surface area (Å²) in [6.45, 7) is 3.53. The Morgan fingerprint density at radius 1 is 1.06 bits per heavy atom. The lowest BCUT2D eigenvalue weighted by Crippen LogP contribution is -2.23. The van der Waals surface area contributed by atoms with Crippen molar-refractivity contribution in [2.24, 2.45) is 4.99 Å². The summed E-state index contributed by atoms with van der Waals surface area (Å²) in [5.74, 6) is 0.667. The van der Waals surface area contributed by atoms with Crippen molar-refractivity contribution in [3.8, 4) is 5.75 Å². The van der Waals surface area contributed by atoms with Crippen LogP contribution in [0.3, 0.4) is 0 Å². The number of ether oxygens (including phenoxy) is 1. The topological polar surface area (TPSA) is 95.9 Å². The fraction of sp³-hybridized carbons (Fsp3) is 0.200. The van der Waals surface area contributed by atoms with Crippen LogP contribution in [-0.4, -0.2) is 54.8 Å². The first kappa shape index (κ1) is 23.3. The van der Waals surface area contributed by atoms with E-state index in [4.69, 9.17) is 16.3 Å². The smallest absolute Gasteiger partial charge is 0.259 e. The van der Waals surface area contributed by atoms with Crippen molar-refractivity contribution in [1.29, 1.82) is 0 Å². The van der Waals surface area contributed by atoms with Gasteiger partial charge in [-0.1, -0.05) is 29.8 Å². The van der Waals surface area contributed by atoms with E-state index < -0.39 is 11.8 Å². The van der Waals surface area contributed by atoms with Crippen LogP contribution in [0, 0.1) is 6.92 Å². The molecule has 2 N–H and O–H groups in total. The molecule has 0 saturated carbocycles. The average Bonchev–Trinajstić information content (AvgIpc) is 3.27. The summed E-state index contributed by atoms with van der Waals surface area (Å²) in [4.78, 5) is 36.9. The number of aliphatic imine (C=N–C) groups is 1. The Kier molecular flexibility index (Phi) is 6.79. The van der Waals surface area contributed by atoms with Gasteiger partial charge in [0.15, 0.2) is 0 Å². The minimum Gasteiger partial charge on any atom is -0.494 e. The lowest BCUT2D eigenvalue weighted by atomic mass is 10.1. The molecule has 8 nitrogen and oxygen atoms in total. The Morgan fingerprint density at radius 2 is 1.82 bits per heavy atom. The van der Waals surface area contributed by atoms with Gasteiger partial charge < -0.3 is 20.3 Å². The molecule has 9 heteroatoms. The SMILES string of the molecule is COc1cc(Cl)cc(C(=O)Nc2ccc(C)cn2)c1NC(=O)c1ccc(C2=NCCN2C)cc1. The van der Waals surface area contributed by atoms with Crippen molar-refractivity contribution in [2.45, 2.75) is 6.92 Å². The average molecular weight is 478 g/mol. The number of nitrogens with one attached hydrogen (secondary N) is 2. The summed E-state index contributed by atoms with van der Waals surface area (Å²) in [6.07, 6.45) is 1.65. The molecule has 0 saturated heterocycles. The predicted octanol–water partition coefficient (Wildman–Crippen LogP) is 4.25. The van der Waals surface area contributed by atoms with Gasteiger partial charge >= 0.3 is 0 Å². The molecule has 1 aliphatic rings. The Hall–Kier alpha value is -3.91. The van der Waals surface area contributed by atoms with Gasteiger partial charge in [0.05, 0.1) is 24.9 Å². The predicted molar refractivity (Wildman–Crippen MR) is 133 cm³/mol. The molecule has 1 aromatic heterocycles. The van der Waals surface area contributed by atoms with Crippen LogP contribution >= 0.6 is 11.6 Å². The summed E-state index contributed by atoms with van der Waals surface area (Å²) >= 11 is 6.21. The molecule has 0 radical (unpaired) electrons. The second-order valence-electron chi connectivity index (χ2n) is 7.86. The molecule has 3 aromatic rings. The van der Waals surface area contributed by atoms with E-state index in [0.717, 1.165) is 30.1 Å². The Bertz CT molecular complexity index is 1260. The molecule has 0 atom stereocenters. The van der Waals surface area contributed by atoms with Gasteiger partial charge in [0.2, 0.25) is 0 Å². The number of anilines is 2. The van der Waals surface area contributed by atoms with E-state index in [1.54, 1.807) is 24.4 Å². The number of amides is 2. The van der Waals surface area contributed by atoms with E-state index in [1.807, 2.05) is 32.2 Å². The number of amidine groups is 1. The van der Waals surface area contributed by atoms with Crippen LogP contribution < -0.4 is 15.4 Å². The third kappa shape index (κ3) is 5.02. The Balaban J connectivity index is 1.59. The van der Waals surface area contributed by atoms with Gasteiger partial charge in [-0.25, -0.2) is 4.98 Å². The number of likely N-dealkylation sites (N-methyl/N-ethyl adjacent to an activating group) is 1. The molecule has 1 aliphatic heterocycles. The van der Waals surface area contributed by atoms with Gasteiger partial charge in [0, 0.05) is 42.0 Å². The zero-order chi connectivity index (χ0) is 24.2. The first-order valence-electron chi connectivity index (χ1n) is 10.6. The van der Waals surface area contributed by atoms with E-state index in [0.29, 0.717) is 16.4 Å². The van der Waals surface area contributed by atoms with Gasteiger partial charge in [0.25, 0.3) is 11.8 Å². The second kappa shape index (κ2) is 9.93. The normalized spacial score (nSPS) is 12.8. The summed E-state index contributed by atoms with van der Waals surface area (Å²) in [6, 6.07) is 13.7. The number of rotatable bonds is 6. The quantitative estimate of drug-likeness (QED) is 0.553. The van der Waals surface area contributed by atoms with E-state index in [1.165, 1.54) is 19.2 Å². The summed E-state index contributed by atoms with van der Waals surface area (Å²) in [7, 11) is 3.43. The van der Waals surface area contributed by atoms with Gasteiger partial charge in [-0.05, 0) is 36.8 Å². The standard InChI is InChI=1S/C25H24ClN5O3/c1-15-4-9-21(28-14-15)29-25(33)19-12-18(26)13-20(34-3)22(19)30-24(32)17-7-5-16(6-8-17)23-27-10-11-31(23)2/h4-9,12-14H,10-11H2,1-3H3,(H,30,32)(H,28,29,33). The maximum Gasteiger partial charge on any atom is 0.259 e. The number of methoxy groups -OCH3 is 1. The van der Waals surface area contributed by atoms with Crippen LogP contribution in [0.1, 0.15) is 31.8 Å². The molecule has 0 spiro atoms. The maximum atomic E-state index is 13.1. The summed E-state index contributed by atoms with van der Waals surface area (Å²) in [5, 5.41) is 5.82. The van der Waals surface area contributed by atoms with Crippen LogP contribution in [0.4, 0.5) is 11.5 Å². The third-order valence-corrected chi connectivity index (χ3v) is 5.61. The van der Waals surface area contributed by atoms with Gasteiger partial charge in [-0.15, -0.1) is 0 Å². The summed E-state index contributed by atoms with van der Waals surface area (Å²) < 4.78 is 5.40. The lowest BCUT2D eigenvalue weighted by molar-refractivity contribution is 0.102. The van der Waals surface area contributed by atoms with Gasteiger partial charge in [0.1, 0.15) is 17.4 Å². The fourth-order valence-electron chi connectivity index (χ4n) is 3.58. The van der Waals surface area contributed by atoms with E-state index in [9.17, 15) is 9.59 Å². The Labute approximate surface area is 202 Å². The van der Waals surface area contributed by atoms with Crippen LogP contribution in [-0.2, 0) is 0 Å². The number of pyridine rings is 1. The molecule has 34 heavy (non-hydrogen) atoms. The number of nitrogens with zero attached hydrogens (tertiary/aromatic N) is 3. The molecule has 2 amide bonds. The van der Waals surface area contributed by atoms with Crippen molar-refractivity contribution in [1.82, 2.24) is 9.88 Å². The first-order valence-corrected chi connectivity index (χ1v) is 11.0. The third-order valence-electron chi connectivity index (χ3n) is 5.39. The molecule has 4 rings (SSSR count). The first-order chi connectivity index (χ1) is 16.4. The highest BCUT2D eigenvalue weighted by molar-refractivity contribution is 6.31. The number of hydrogen-bond donors (Lipinski definition) is 2. The van der Waals surface area contributed by atoms with Crippen LogP contribution in [0.2, 0.25) is 5.02 Å². The number of carbonyl (C=O) groups is 2. The molecule has 174 valence electrons. The fourth-order valence-corrected chi connectivity index (χ4v) is 3.79. The number of hydrogen-bond acceptors (Lipinski definition) is 6. The molecule has 0 fully saturated rings. The second-order valence-corrected chi connectivity index (χ2v) is 8.30. The molecule has 2 heterocycles. The molecular weight excluding hydrogens is 454 g/mol. The maximum absolute atomic E-state index is 13.1. The number of aryl methyl sites for hydroxylation is 1. The number of halogens is 1. The van der Waals surface area contributed by atoms with Crippen LogP contribution in [0.5, 0.6) is 5.75 Å². The molecule has 0 unspecified atom stereocenters. The minimum atomic E-state index is -0.481. The zero-order valence-electron chi connectivity index (χ0n) is 19.1. The highest BCUT2D eigenvalue weighted by Gasteiger charge is 2.21. The van der Waals surface area contributed by atoms with E-state index in [-0.39, 0.29) is 17.0 Å². The number of aromatic nitrogens is 1. The number of benzene rings is 2. The molecule has 0 bridgehead atoms. The largest absolute Gasteiger partial charge is 0.494 e. The highest BCUT2D eigenvalue weighted by Crippen LogP contribution is 2.33. The molecule has 0 aliphatic carbocycles. The van der Waals surface area contributed by atoms with Crippen LogP contribution in [0.15, 0.2) is 59.7 Å². The van der Waals surface area contributed by atoms with Gasteiger partial charge in [-0.2, -0.15) is 0 Å². The van der Waals surface area contributed by atoms with Crippen LogP contribution in [0.25, 0.3) is 0 Å². The monoisotopic (exact) mass is 477 g/mol. The lowest BCUT2D eigenvalue weighted by Gasteiger charge is -2.16. The molecular formula is C25H24ClN5O3. The van der Waals surface area contributed by atoms with E-state index in [2.05, 4.69) is 25.5 Å². The van der Waals surface area contributed by atoms with Gasteiger partial charge in [-0.3, -0.25) is 14.6 Å². The minimum absolute atomic E-state index is 0.152. The highest BCUT2D eigenvalue weighted by atomic mass is 35.5. The summed E-state index contributed by atoms with van der Waals surface area (Å²) in [5.41, 5.74) is 2.69. The van der Waals surface area contributed by atoms with Crippen molar-refractivity contribution in [3.05, 3.63) is 82.0 Å². The van der Waals surface area contributed by atoms with Crippen molar-refractivity contribution in [2.75, 3.05) is 37.9 Å². The zero-order valence-corrected chi connectivity index (χ0v) is 19.8. The van der Waals surface area contributed by atoms with Crippen molar-refractivity contribution >= 4 is 40.8 Å². The number of carbonyl (C=O) groups excluding carboxylic acids is 2. The van der Waals surface area contributed by atoms with Crippen molar-refractivity contribution < 1.29 is 14.3 Å². The van der Waals surface area contributed by atoms with Crippen molar-refractivity contribution in [3.63, 3.8) is 0 Å². The molecule has 2 aromatic carbocycles. The Morgan fingerprint density at radius 3 is 2.44 bits per heavy atom. The van der Waals surface area contributed by atoms with E-state index >= 15 is 0 Å².